The van der Waals surface area contributed by atoms with E-state index in [2.05, 4.69) is 4.98 Å². The Hall–Kier alpha value is -1.14. The van der Waals surface area contributed by atoms with Gasteiger partial charge in [0, 0.05) is 34.6 Å². The molecule has 2 aliphatic rings. The summed E-state index contributed by atoms with van der Waals surface area (Å²) in [6.45, 7) is 1.59. The minimum absolute atomic E-state index is 0.170. The zero-order valence-corrected chi connectivity index (χ0v) is 12.0. The van der Waals surface area contributed by atoms with E-state index >= 15 is 0 Å². The van der Waals surface area contributed by atoms with Crippen LogP contribution in [0.15, 0.2) is 41.6 Å². The minimum atomic E-state index is -1.14. The summed E-state index contributed by atoms with van der Waals surface area (Å²) in [7, 11) is 0. The Bertz CT molecular complexity index is 653. The van der Waals surface area contributed by atoms with Gasteiger partial charge in [0.05, 0.1) is 24.5 Å². The Kier molecular flexibility index (Phi) is 2.79. The zero-order chi connectivity index (χ0) is 13.7. The summed E-state index contributed by atoms with van der Waals surface area (Å²) in [5, 5.41) is 2.05. The van der Waals surface area contributed by atoms with Gasteiger partial charge in [0.25, 0.3) is 0 Å². The number of rotatable bonds is 2. The first-order chi connectivity index (χ1) is 9.70. The molecule has 1 aromatic heterocycles. The molecule has 1 saturated heterocycles. The van der Waals surface area contributed by atoms with Crippen LogP contribution >= 0.6 is 0 Å². The second-order valence-corrected chi connectivity index (χ2v) is 7.35. The number of hydrogen-bond donors (Lipinski definition) is 1. The third-order valence-corrected chi connectivity index (χ3v) is 6.11. The van der Waals surface area contributed by atoms with E-state index in [0.717, 1.165) is 28.8 Å². The Labute approximate surface area is 121 Å². The molecule has 2 unspecified atom stereocenters. The fourth-order valence-electron chi connectivity index (χ4n) is 3.15. The van der Waals surface area contributed by atoms with Crippen molar-refractivity contribution in [3.8, 4) is 0 Å². The number of hydrogen-bond acceptors (Lipinski definition) is 4. The SMILES string of the molecule is NC1CN([S+]([O-])c2cccc3cnccc23)CC12CC2. The highest BCUT2D eigenvalue weighted by atomic mass is 32.2. The summed E-state index contributed by atoms with van der Waals surface area (Å²) in [6, 6.07) is 8.00. The second-order valence-electron chi connectivity index (χ2n) is 5.89. The van der Waals surface area contributed by atoms with Crippen molar-refractivity contribution in [2.45, 2.75) is 23.8 Å². The molecule has 4 nitrogen and oxygen atoms in total. The third-order valence-electron chi connectivity index (χ3n) is 4.63. The van der Waals surface area contributed by atoms with E-state index in [0.29, 0.717) is 0 Å². The van der Waals surface area contributed by atoms with Crippen molar-refractivity contribution in [3.05, 3.63) is 36.7 Å². The van der Waals surface area contributed by atoms with E-state index in [1.807, 2.05) is 34.8 Å². The van der Waals surface area contributed by atoms with Crippen molar-refractivity contribution in [1.29, 1.82) is 0 Å². The standard InChI is InChI=1S/C15H17N3OS/c16-14-9-18(10-15(14)5-6-15)20(19)13-3-1-2-11-8-17-7-4-12(11)13/h1-4,7-8,14H,5-6,9-10,16H2. The highest BCUT2D eigenvalue weighted by molar-refractivity contribution is 7.89. The first-order valence-corrected chi connectivity index (χ1v) is 8.05. The van der Waals surface area contributed by atoms with E-state index in [1.165, 1.54) is 12.8 Å². The van der Waals surface area contributed by atoms with Crippen LogP contribution in [0, 0.1) is 5.41 Å². The largest absolute Gasteiger partial charge is 0.593 e. The van der Waals surface area contributed by atoms with Crippen LogP contribution in [-0.4, -0.2) is 33.0 Å². The first kappa shape index (κ1) is 12.6. The second kappa shape index (κ2) is 4.43. The van der Waals surface area contributed by atoms with Gasteiger partial charge in [0.15, 0.2) is 4.90 Å². The van der Waals surface area contributed by atoms with Gasteiger partial charge < -0.3 is 10.3 Å². The maximum absolute atomic E-state index is 12.9. The molecule has 2 fully saturated rings. The van der Waals surface area contributed by atoms with Gasteiger partial charge in [-0.2, -0.15) is 0 Å². The molecule has 104 valence electrons. The fraction of sp³-hybridized carbons (Fsp3) is 0.400. The highest BCUT2D eigenvalue weighted by Gasteiger charge is 2.56. The molecule has 1 aliphatic heterocycles. The molecule has 5 heteroatoms. The lowest BCUT2D eigenvalue weighted by Gasteiger charge is -2.20. The van der Waals surface area contributed by atoms with E-state index in [1.54, 1.807) is 6.20 Å². The molecule has 1 aromatic carbocycles. The molecule has 1 spiro atoms. The van der Waals surface area contributed by atoms with Gasteiger partial charge in [0.2, 0.25) is 0 Å². The number of aromatic nitrogens is 1. The molecule has 2 aromatic rings. The van der Waals surface area contributed by atoms with Gasteiger partial charge in [-0.3, -0.25) is 4.98 Å². The van der Waals surface area contributed by atoms with E-state index < -0.39 is 11.4 Å². The fourth-order valence-corrected chi connectivity index (χ4v) is 4.66. The molecular formula is C15H17N3OS. The monoisotopic (exact) mass is 287 g/mol. The number of benzene rings is 1. The van der Waals surface area contributed by atoms with Crippen molar-refractivity contribution < 1.29 is 4.55 Å². The van der Waals surface area contributed by atoms with Crippen LogP contribution in [-0.2, 0) is 11.4 Å². The zero-order valence-electron chi connectivity index (χ0n) is 11.2. The van der Waals surface area contributed by atoms with Gasteiger partial charge in [0.1, 0.15) is 0 Å². The normalized spacial score (nSPS) is 26.2. The van der Waals surface area contributed by atoms with E-state index in [9.17, 15) is 4.55 Å². The van der Waals surface area contributed by atoms with Crippen LogP contribution in [0.4, 0.5) is 0 Å². The minimum Gasteiger partial charge on any atom is -0.593 e. The van der Waals surface area contributed by atoms with Crippen LogP contribution in [0.3, 0.4) is 0 Å². The van der Waals surface area contributed by atoms with Gasteiger partial charge >= 0.3 is 0 Å². The van der Waals surface area contributed by atoms with Gasteiger partial charge in [-0.25, -0.2) is 0 Å². The highest BCUT2D eigenvalue weighted by Crippen LogP contribution is 2.53. The summed E-state index contributed by atoms with van der Waals surface area (Å²) < 4.78 is 14.9. The van der Waals surface area contributed by atoms with Crippen molar-refractivity contribution in [1.82, 2.24) is 9.29 Å². The van der Waals surface area contributed by atoms with Crippen LogP contribution in [0.5, 0.6) is 0 Å². The van der Waals surface area contributed by atoms with E-state index in [-0.39, 0.29) is 11.5 Å². The molecule has 1 saturated carbocycles. The van der Waals surface area contributed by atoms with E-state index in [4.69, 9.17) is 5.73 Å². The average molecular weight is 287 g/mol. The number of nitrogens with zero attached hydrogens (tertiary/aromatic N) is 2. The van der Waals surface area contributed by atoms with Gasteiger partial charge in [-0.15, -0.1) is 4.31 Å². The summed E-state index contributed by atoms with van der Waals surface area (Å²) in [5.74, 6) is 0. The van der Waals surface area contributed by atoms with Crippen molar-refractivity contribution >= 4 is 22.1 Å². The molecule has 0 amide bonds. The molecule has 1 aliphatic carbocycles. The smallest absolute Gasteiger partial charge is 0.182 e. The Morgan fingerprint density at radius 1 is 1.35 bits per heavy atom. The predicted octanol–water partition coefficient (Wildman–Crippen LogP) is 1.68. The van der Waals surface area contributed by atoms with Crippen LogP contribution in [0.2, 0.25) is 0 Å². The topological polar surface area (TPSA) is 65.2 Å². The third kappa shape index (κ3) is 1.85. The number of nitrogens with two attached hydrogens (primary N) is 1. The van der Waals surface area contributed by atoms with Crippen molar-refractivity contribution in [3.63, 3.8) is 0 Å². The Balaban J connectivity index is 1.69. The maximum Gasteiger partial charge on any atom is 0.182 e. The molecular weight excluding hydrogens is 270 g/mol. The molecule has 2 atom stereocenters. The Morgan fingerprint density at radius 2 is 2.20 bits per heavy atom. The quantitative estimate of drug-likeness (QED) is 0.854. The van der Waals surface area contributed by atoms with Crippen molar-refractivity contribution in [2.75, 3.05) is 13.1 Å². The number of pyridine rings is 1. The van der Waals surface area contributed by atoms with Crippen molar-refractivity contribution in [2.24, 2.45) is 11.1 Å². The van der Waals surface area contributed by atoms with Gasteiger partial charge in [-0.1, -0.05) is 12.1 Å². The summed E-state index contributed by atoms with van der Waals surface area (Å²) in [6.07, 6.45) is 5.93. The van der Waals surface area contributed by atoms with Crippen LogP contribution in [0.1, 0.15) is 12.8 Å². The maximum atomic E-state index is 12.9. The lowest BCUT2D eigenvalue weighted by Crippen LogP contribution is -2.32. The molecule has 20 heavy (non-hydrogen) atoms. The van der Waals surface area contributed by atoms with Gasteiger partial charge in [-0.05, 0) is 25.0 Å². The first-order valence-electron chi connectivity index (χ1n) is 6.95. The molecule has 2 N–H and O–H groups in total. The predicted molar refractivity (Wildman–Crippen MR) is 79.4 cm³/mol. The van der Waals surface area contributed by atoms with Crippen LogP contribution < -0.4 is 5.73 Å². The lowest BCUT2D eigenvalue weighted by atomic mass is 10.0. The number of fused-ring (bicyclic) bond motifs is 1. The molecule has 2 heterocycles. The molecule has 4 rings (SSSR count). The summed E-state index contributed by atoms with van der Waals surface area (Å²) in [4.78, 5) is 4.99. The average Bonchev–Trinajstić information content (AvgIpc) is 3.18. The Morgan fingerprint density at radius 3 is 2.95 bits per heavy atom. The summed E-state index contributed by atoms with van der Waals surface area (Å²) >= 11 is -1.14. The summed E-state index contributed by atoms with van der Waals surface area (Å²) in [5.41, 5.74) is 6.46. The molecule has 0 radical (unpaired) electrons. The molecule has 0 bridgehead atoms. The lowest BCUT2D eigenvalue weighted by molar-refractivity contribution is 0.448. The van der Waals surface area contributed by atoms with Crippen LogP contribution in [0.25, 0.3) is 10.8 Å².